The molecule has 8 nitrogen and oxygen atoms in total. The van der Waals surface area contributed by atoms with Crippen molar-refractivity contribution in [2.75, 3.05) is 24.5 Å². The third-order valence-electron chi connectivity index (χ3n) is 5.03. The number of piperazine rings is 1. The molecule has 0 unspecified atom stereocenters. The van der Waals surface area contributed by atoms with Crippen molar-refractivity contribution in [2.24, 2.45) is 7.05 Å². The summed E-state index contributed by atoms with van der Waals surface area (Å²) < 4.78 is 7.09. The highest BCUT2D eigenvalue weighted by Crippen LogP contribution is 2.31. The second kappa shape index (κ2) is 7.07. The zero-order valence-corrected chi connectivity index (χ0v) is 17.8. The van der Waals surface area contributed by atoms with Crippen molar-refractivity contribution in [3.63, 3.8) is 0 Å². The van der Waals surface area contributed by atoms with Crippen LogP contribution in [-0.2, 0) is 11.8 Å². The standard InChI is InChI=1S/C21H27N5O3/c1-20(2,3)29-19(28)26-11-10-25(13-21(26,4)5)15-12-17(27)24(7)14-8-9-16(22-6)23-18(14)15/h8-9,12H,10-11,13H2,1-5,7H3. The van der Waals surface area contributed by atoms with Crippen LogP contribution < -0.4 is 10.5 Å². The molecule has 1 aliphatic rings. The number of hydrogen-bond donors (Lipinski definition) is 0. The monoisotopic (exact) mass is 397 g/mol. The third kappa shape index (κ3) is 4.04. The molecule has 0 aliphatic carbocycles. The second-order valence-electron chi connectivity index (χ2n) is 8.94. The van der Waals surface area contributed by atoms with E-state index in [1.54, 1.807) is 30.1 Å². The lowest BCUT2D eigenvalue weighted by Gasteiger charge is -2.47. The number of pyridine rings is 2. The first-order valence-electron chi connectivity index (χ1n) is 9.57. The van der Waals surface area contributed by atoms with Crippen molar-refractivity contribution < 1.29 is 9.53 Å². The van der Waals surface area contributed by atoms with Crippen LogP contribution in [0.2, 0.25) is 0 Å². The average Bonchev–Trinajstić information content (AvgIpc) is 2.61. The lowest BCUT2D eigenvalue weighted by atomic mass is 9.98. The highest BCUT2D eigenvalue weighted by atomic mass is 16.6. The lowest BCUT2D eigenvalue weighted by molar-refractivity contribution is 0.000398. The van der Waals surface area contributed by atoms with Crippen LogP contribution in [0.5, 0.6) is 0 Å². The fraction of sp³-hybridized carbons (Fsp3) is 0.524. The van der Waals surface area contributed by atoms with Crippen LogP contribution in [0.3, 0.4) is 0 Å². The second-order valence-corrected chi connectivity index (χ2v) is 8.94. The van der Waals surface area contributed by atoms with Gasteiger partial charge in [-0.1, -0.05) is 6.57 Å². The van der Waals surface area contributed by atoms with Gasteiger partial charge in [0.25, 0.3) is 11.4 Å². The number of fused-ring (bicyclic) bond motifs is 1. The van der Waals surface area contributed by atoms with Gasteiger partial charge in [0.15, 0.2) is 0 Å². The number of rotatable bonds is 1. The zero-order valence-electron chi connectivity index (χ0n) is 17.8. The molecule has 0 saturated carbocycles. The Morgan fingerprint density at radius 3 is 2.55 bits per heavy atom. The maximum Gasteiger partial charge on any atom is 0.410 e. The molecule has 154 valence electrons. The number of aryl methyl sites for hydroxylation is 1. The minimum atomic E-state index is -0.563. The van der Waals surface area contributed by atoms with E-state index in [9.17, 15) is 9.59 Å². The SMILES string of the molecule is [C-]#[N+]c1ccc2c(n1)c(N1CCN(C(=O)OC(C)(C)C)C(C)(C)C1)cc(=O)n2C. The number of hydrogen-bond acceptors (Lipinski definition) is 5. The third-order valence-corrected chi connectivity index (χ3v) is 5.03. The topological polar surface area (TPSA) is 72.0 Å². The molecule has 29 heavy (non-hydrogen) atoms. The van der Waals surface area contributed by atoms with Gasteiger partial charge in [-0.25, -0.2) is 4.79 Å². The summed E-state index contributed by atoms with van der Waals surface area (Å²) in [4.78, 5) is 36.8. The Balaban J connectivity index is 1.99. The summed E-state index contributed by atoms with van der Waals surface area (Å²) in [5, 5.41) is 0. The molecule has 2 aromatic heterocycles. The van der Waals surface area contributed by atoms with Crippen LogP contribution in [0, 0.1) is 6.57 Å². The number of carbonyl (C=O) groups is 1. The summed E-state index contributed by atoms with van der Waals surface area (Å²) >= 11 is 0. The molecule has 0 atom stereocenters. The predicted molar refractivity (Wildman–Crippen MR) is 112 cm³/mol. The lowest BCUT2D eigenvalue weighted by Crippen LogP contribution is -2.62. The van der Waals surface area contributed by atoms with E-state index in [4.69, 9.17) is 11.3 Å². The van der Waals surface area contributed by atoms with Crippen molar-refractivity contribution in [1.29, 1.82) is 0 Å². The molecule has 0 aromatic carbocycles. The Kier molecular flexibility index (Phi) is 5.03. The van der Waals surface area contributed by atoms with E-state index in [1.807, 2.05) is 34.6 Å². The van der Waals surface area contributed by atoms with E-state index in [-0.39, 0.29) is 17.5 Å². The molecule has 1 fully saturated rings. The van der Waals surface area contributed by atoms with Crippen LogP contribution in [-0.4, -0.2) is 51.3 Å². The maximum absolute atomic E-state index is 12.7. The summed E-state index contributed by atoms with van der Waals surface area (Å²) in [6.07, 6.45) is -0.343. The Morgan fingerprint density at radius 2 is 1.97 bits per heavy atom. The molecule has 0 spiro atoms. The zero-order chi connectivity index (χ0) is 21.6. The smallest absolute Gasteiger partial charge is 0.410 e. The first-order chi connectivity index (χ1) is 13.4. The number of nitrogens with zero attached hydrogens (tertiary/aromatic N) is 5. The van der Waals surface area contributed by atoms with Gasteiger partial charge in [-0.2, -0.15) is 0 Å². The number of ether oxygens (including phenoxy) is 1. The summed E-state index contributed by atoms with van der Waals surface area (Å²) in [5.74, 6) is 0.282. The Hall–Kier alpha value is -3.08. The van der Waals surface area contributed by atoms with Crippen molar-refractivity contribution >= 4 is 28.6 Å². The van der Waals surface area contributed by atoms with E-state index < -0.39 is 11.1 Å². The molecule has 0 N–H and O–H groups in total. The van der Waals surface area contributed by atoms with E-state index in [0.29, 0.717) is 36.4 Å². The van der Waals surface area contributed by atoms with Gasteiger partial charge in [-0.3, -0.25) is 9.69 Å². The number of aromatic nitrogens is 2. The average molecular weight is 397 g/mol. The Morgan fingerprint density at radius 1 is 1.28 bits per heavy atom. The summed E-state index contributed by atoms with van der Waals surface area (Å²) in [6.45, 7) is 18.3. The van der Waals surface area contributed by atoms with E-state index in [0.717, 1.165) is 0 Å². The van der Waals surface area contributed by atoms with Crippen LogP contribution in [0.25, 0.3) is 15.9 Å². The van der Waals surface area contributed by atoms with E-state index >= 15 is 0 Å². The van der Waals surface area contributed by atoms with Gasteiger partial charge in [0, 0.05) is 32.7 Å². The molecule has 3 rings (SSSR count). The quantitative estimate of drug-likeness (QED) is 0.691. The fourth-order valence-electron chi connectivity index (χ4n) is 3.62. The summed E-state index contributed by atoms with van der Waals surface area (Å²) in [7, 11) is 1.69. The summed E-state index contributed by atoms with van der Waals surface area (Å²) in [6, 6.07) is 4.92. The number of anilines is 1. The van der Waals surface area contributed by atoms with Gasteiger partial charge >= 0.3 is 6.09 Å². The molecule has 3 heterocycles. The van der Waals surface area contributed by atoms with Crippen molar-refractivity contribution in [3.05, 3.63) is 40.0 Å². The molecule has 1 aliphatic heterocycles. The number of carbonyl (C=O) groups excluding carboxylic acids is 1. The molecule has 0 bridgehead atoms. The number of amides is 1. The van der Waals surface area contributed by atoms with Crippen molar-refractivity contribution in [2.45, 2.75) is 45.8 Å². The Bertz CT molecular complexity index is 1060. The molecular formula is C21H27N5O3. The largest absolute Gasteiger partial charge is 0.444 e. The van der Waals surface area contributed by atoms with Gasteiger partial charge < -0.3 is 19.0 Å². The highest BCUT2D eigenvalue weighted by molar-refractivity contribution is 5.89. The van der Waals surface area contributed by atoms with Crippen LogP contribution in [0.4, 0.5) is 16.3 Å². The predicted octanol–water partition coefficient (Wildman–Crippen LogP) is 3.32. The molecule has 1 saturated heterocycles. The molecule has 8 heteroatoms. The first kappa shape index (κ1) is 20.6. The van der Waals surface area contributed by atoms with Gasteiger partial charge in [-0.15, -0.1) is 4.98 Å². The van der Waals surface area contributed by atoms with Gasteiger partial charge in [0.05, 0.1) is 16.7 Å². The van der Waals surface area contributed by atoms with Crippen LogP contribution in [0.15, 0.2) is 23.0 Å². The first-order valence-corrected chi connectivity index (χ1v) is 9.57. The van der Waals surface area contributed by atoms with Crippen LogP contribution >= 0.6 is 0 Å². The summed E-state index contributed by atoms with van der Waals surface area (Å²) in [5.41, 5.74) is 0.759. The van der Waals surface area contributed by atoms with Gasteiger partial charge in [-0.05, 0) is 46.8 Å². The fourth-order valence-corrected chi connectivity index (χ4v) is 3.62. The minimum Gasteiger partial charge on any atom is -0.444 e. The van der Waals surface area contributed by atoms with Crippen molar-refractivity contribution in [3.8, 4) is 0 Å². The minimum absolute atomic E-state index is 0.141. The highest BCUT2D eigenvalue weighted by Gasteiger charge is 2.39. The van der Waals surface area contributed by atoms with Crippen molar-refractivity contribution in [1.82, 2.24) is 14.5 Å². The van der Waals surface area contributed by atoms with E-state index in [1.165, 1.54) is 4.57 Å². The van der Waals surface area contributed by atoms with Crippen LogP contribution in [0.1, 0.15) is 34.6 Å². The Labute approximate surface area is 170 Å². The molecule has 0 radical (unpaired) electrons. The normalized spacial score (nSPS) is 16.6. The molecule has 2 aromatic rings. The van der Waals surface area contributed by atoms with E-state index in [2.05, 4.69) is 14.7 Å². The maximum atomic E-state index is 12.7. The van der Waals surface area contributed by atoms with Gasteiger partial charge in [0.1, 0.15) is 5.60 Å². The van der Waals surface area contributed by atoms with Gasteiger partial charge in [0.2, 0.25) is 5.52 Å². The molecule has 1 amide bonds. The molecular weight excluding hydrogens is 370 g/mol.